The molecule has 0 aliphatic carbocycles. The van der Waals surface area contributed by atoms with Crippen molar-refractivity contribution in [2.75, 3.05) is 19.7 Å². The van der Waals surface area contributed by atoms with Crippen LogP contribution >= 0.6 is 0 Å². The fourth-order valence-corrected chi connectivity index (χ4v) is 4.34. The Morgan fingerprint density at radius 1 is 1.06 bits per heavy atom. The number of rotatable bonds is 6. The van der Waals surface area contributed by atoms with Crippen molar-refractivity contribution in [3.05, 3.63) is 91.8 Å². The Bertz CT molecular complexity index is 1390. The summed E-state index contributed by atoms with van der Waals surface area (Å²) in [5, 5.41) is 4.26. The number of benzene rings is 2. The maximum Gasteiger partial charge on any atom is 0.352 e. The third-order valence-corrected chi connectivity index (χ3v) is 6.51. The van der Waals surface area contributed by atoms with E-state index < -0.39 is 23.1 Å². The molecule has 1 saturated heterocycles. The monoisotopic (exact) mass is 490 g/mol. The van der Waals surface area contributed by atoms with Gasteiger partial charge in [-0.05, 0) is 62.4 Å². The summed E-state index contributed by atoms with van der Waals surface area (Å²) in [5.74, 6) is -1.42. The van der Waals surface area contributed by atoms with Gasteiger partial charge in [-0.15, -0.1) is 0 Å². The lowest BCUT2D eigenvalue weighted by atomic mass is 9.98. The average molecular weight is 491 g/mol. The number of carbonyl (C=O) groups excluding carboxylic acids is 2. The van der Waals surface area contributed by atoms with E-state index in [1.165, 1.54) is 4.90 Å². The Hall–Kier alpha value is -4.01. The van der Waals surface area contributed by atoms with Gasteiger partial charge in [0.1, 0.15) is 0 Å². The third-order valence-electron chi connectivity index (χ3n) is 6.51. The number of likely N-dealkylation sites (tertiary alicyclic amines) is 1. The van der Waals surface area contributed by atoms with Crippen LogP contribution in [0.25, 0.3) is 5.69 Å². The van der Waals surface area contributed by atoms with Gasteiger partial charge in [-0.2, -0.15) is 9.78 Å². The highest BCUT2D eigenvalue weighted by Gasteiger charge is 2.32. The van der Waals surface area contributed by atoms with Crippen LogP contribution in [0.2, 0.25) is 0 Å². The molecule has 9 heteroatoms. The number of hydrogen-bond donors (Lipinski definition) is 0. The Labute approximate surface area is 208 Å². The second kappa shape index (κ2) is 10.7. The molecular formula is C27H30N4O5. The minimum absolute atomic E-state index is 0.00238. The van der Waals surface area contributed by atoms with E-state index in [2.05, 4.69) is 5.10 Å². The lowest BCUT2D eigenvalue weighted by Crippen LogP contribution is -2.49. The summed E-state index contributed by atoms with van der Waals surface area (Å²) in [6, 6.07) is 14.5. The number of carbonyl (C=O) groups is 2. The fraction of sp³-hybridized carbons (Fsp3) is 0.370. The zero-order chi connectivity index (χ0) is 25.8. The molecule has 1 aliphatic heterocycles. The van der Waals surface area contributed by atoms with Gasteiger partial charge in [0.2, 0.25) is 5.69 Å². The molecule has 4 rings (SSSR count). The number of hydrogen-bond acceptors (Lipinski definition) is 6. The molecule has 1 amide bonds. The van der Waals surface area contributed by atoms with Crippen molar-refractivity contribution >= 4 is 11.9 Å². The molecule has 2 aromatic carbocycles. The number of aryl methyl sites for hydroxylation is 2. The Kier molecular flexibility index (Phi) is 7.47. The summed E-state index contributed by atoms with van der Waals surface area (Å²) in [4.78, 5) is 54.2. The lowest BCUT2D eigenvalue weighted by Gasteiger charge is -2.31. The van der Waals surface area contributed by atoms with E-state index in [-0.39, 0.29) is 31.4 Å². The van der Waals surface area contributed by atoms with Gasteiger partial charge in [-0.25, -0.2) is 4.79 Å². The summed E-state index contributed by atoms with van der Waals surface area (Å²) in [7, 11) is 0. The Morgan fingerprint density at radius 3 is 2.50 bits per heavy atom. The van der Waals surface area contributed by atoms with Gasteiger partial charge in [0.05, 0.1) is 24.8 Å². The molecule has 0 radical (unpaired) electrons. The van der Waals surface area contributed by atoms with E-state index in [0.717, 1.165) is 25.9 Å². The number of esters is 1. The first-order chi connectivity index (χ1) is 17.3. The number of nitrogens with zero attached hydrogens (tertiary/aromatic N) is 4. The largest absolute Gasteiger partial charge is 0.466 e. The third kappa shape index (κ3) is 5.15. The topological polar surface area (TPSA) is 104 Å². The molecule has 9 nitrogen and oxygen atoms in total. The first-order valence-corrected chi connectivity index (χ1v) is 12.1. The molecule has 1 aromatic heterocycles. The van der Waals surface area contributed by atoms with E-state index in [4.69, 9.17) is 4.74 Å². The van der Waals surface area contributed by atoms with Crippen LogP contribution in [0.1, 0.15) is 46.9 Å². The number of aromatic nitrogens is 3. The van der Waals surface area contributed by atoms with Crippen LogP contribution in [0.15, 0.2) is 58.1 Å². The standard InChI is InChI=1S/C27H30N4O5/c1-4-36-26(34)21-11-8-14-29(17-21)24(32)23-25(33)30(16-20-9-6-5-7-10-20)27(35)31(28-23)22-13-12-18(2)19(3)15-22/h5-7,9-10,12-13,15,21H,4,8,11,14,16-17H2,1-3H3. The zero-order valence-corrected chi connectivity index (χ0v) is 20.8. The number of amides is 1. The van der Waals surface area contributed by atoms with Crippen molar-refractivity contribution in [1.29, 1.82) is 0 Å². The van der Waals surface area contributed by atoms with Crippen molar-refractivity contribution < 1.29 is 14.3 Å². The van der Waals surface area contributed by atoms with Crippen molar-refractivity contribution in [2.45, 2.75) is 40.2 Å². The number of piperidine rings is 1. The van der Waals surface area contributed by atoms with E-state index in [1.54, 1.807) is 19.1 Å². The molecule has 1 aliphatic rings. The van der Waals surface area contributed by atoms with Gasteiger partial charge < -0.3 is 9.64 Å². The van der Waals surface area contributed by atoms with Gasteiger partial charge in [0, 0.05) is 13.1 Å². The maximum absolute atomic E-state index is 13.5. The van der Waals surface area contributed by atoms with E-state index >= 15 is 0 Å². The lowest BCUT2D eigenvalue weighted by molar-refractivity contribution is -0.149. The summed E-state index contributed by atoms with van der Waals surface area (Å²) in [5.41, 5.74) is 1.45. The Balaban J connectivity index is 1.80. The summed E-state index contributed by atoms with van der Waals surface area (Å²) >= 11 is 0. The molecule has 2 heterocycles. The van der Waals surface area contributed by atoms with Gasteiger partial charge in [0.15, 0.2) is 0 Å². The SMILES string of the molecule is CCOC(=O)C1CCCN(C(=O)c2nn(-c3ccc(C)c(C)c3)c(=O)n(Cc3ccccc3)c2=O)C1. The van der Waals surface area contributed by atoms with Crippen LogP contribution in [-0.4, -0.2) is 50.8 Å². The fourth-order valence-electron chi connectivity index (χ4n) is 4.34. The van der Waals surface area contributed by atoms with E-state index in [9.17, 15) is 19.2 Å². The molecule has 3 aromatic rings. The van der Waals surface area contributed by atoms with Gasteiger partial charge in [-0.3, -0.25) is 19.0 Å². The summed E-state index contributed by atoms with van der Waals surface area (Å²) in [6.45, 7) is 6.39. The van der Waals surface area contributed by atoms with Gasteiger partial charge >= 0.3 is 11.7 Å². The smallest absolute Gasteiger partial charge is 0.352 e. The zero-order valence-electron chi connectivity index (χ0n) is 20.8. The highest BCUT2D eigenvalue weighted by atomic mass is 16.5. The van der Waals surface area contributed by atoms with Crippen LogP contribution in [0.4, 0.5) is 0 Å². The van der Waals surface area contributed by atoms with E-state index in [0.29, 0.717) is 25.1 Å². The predicted octanol–water partition coefficient (Wildman–Crippen LogP) is 2.47. The summed E-state index contributed by atoms with van der Waals surface area (Å²) < 4.78 is 7.28. The van der Waals surface area contributed by atoms with Crippen LogP contribution < -0.4 is 11.2 Å². The molecule has 36 heavy (non-hydrogen) atoms. The van der Waals surface area contributed by atoms with E-state index in [1.807, 2.05) is 50.2 Å². The van der Waals surface area contributed by atoms with Crippen LogP contribution in [0.5, 0.6) is 0 Å². The number of ether oxygens (including phenoxy) is 1. The molecule has 1 unspecified atom stereocenters. The normalized spacial score (nSPS) is 15.5. The molecule has 0 N–H and O–H groups in total. The highest BCUT2D eigenvalue weighted by molar-refractivity contribution is 5.92. The predicted molar refractivity (Wildman–Crippen MR) is 134 cm³/mol. The molecule has 1 fully saturated rings. The molecule has 1 atom stereocenters. The second-order valence-electron chi connectivity index (χ2n) is 9.03. The van der Waals surface area contributed by atoms with Crippen LogP contribution in [0.3, 0.4) is 0 Å². The van der Waals surface area contributed by atoms with Gasteiger partial charge in [0.25, 0.3) is 11.5 Å². The maximum atomic E-state index is 13.5. The first kappa shape index (κ1) is 25.1. The first-order valence-electron chi connectivity index (χ1n) is 12.1. The minimum Gasteiger partial charge on any atom is -0.466 e. The molecule has 188 valence electrons. The molecular weight excluding hydrogens is 460 g/mol. The molecule has 0 spiro atoms. The molecule has 0 saturated carbocycles. The van der Waals surface area contributed by atoms with Crippen molar-refractivity contribution in [3.63, 3.8) is 0 Å². The summed E-state index contributed by atoms with van der Waals surface area (Å²) in [6.07, 6.45) is 1.21. The van der Waals surface area contributed by atoms with Crippen molar-refractivity contribution in [3.8, 4) is 5.69 Å². The van der Waals surface area contributed by atoms with Crippen molar-refractivity contribution in [1.82, 2.24) is 19.2 Å². The van der Waals surface area contributed by atoms with Crippen LogP contribution in [-0.2, 0) is 16.1 Å². The quantitative estimate of drug-likeness (QED) is 0.492. The second-order valence-corrected chi connectivity index (χ2v) is 9.03. The van der Waals surface area contributed by atoms with Crippen LogP contribution in [0, 0.1) is 19.8 Å². The highest BCUT2D eigenvalue weighted by Crippen LogP contribution is 2.19. The van der Waals surface area contributed by atoms with Gasteiger partial charge in [-0.1, -0.05) is 36.4 Å². The molecule has 0 bridgehead atoms. The Morgan fingerprint density at radius 2 is 1.81 bits per heavy atom. The minimum atomic E-state index is -0.757. The van der Waals surface area contributed by atoms with Crippen molar-refractivity contribution in [2.24, 2.45) is 5.92 Å². The average Bonchev–Trinajstić information content (AvgIpc) is 2.89.